The largest absolute Gasteiger partial charge is 0.416 e. The number of nitrogens with one attached hydrogen (secondary N) is 1. The number of rotatable bonds is 4. The first-order valence-corrected chi connectivity index (χ1v) is 11.2. The normalized spacial score (nSPS) is 20.5. The highest BCUT2D eigenvalue weighted by Crippen LogP contribution is 2.30. The van der Waals surface area contributed by atoms with Crippen LogP contribution in [0.15, 0.2) is 59.7 Å². The highest BCUT2D eigenvalue weighted by molar-refractivity contribution is 7.85. The minimum absolute atomic E-state index is 0.0119. The molecule has 1 aromatic carbocycles. The Hall–Kier alpha value is -3.38. The van der Waals surface area contributed by atoms with E-state index < -0.39 is 46.2 Å². The molecular weight excluding hydrogens is 461 g/mol. The van der Waals surface area contributed by atoms with Crippen molar-refractivity contribution in [1.29, 1.82) is 0 Å². The number of carbonyl (C=O) groups excluding carboxylic acids is 1. The number of hydrogen-bond acceptors (Lipinski definition) is 6. The van der Waals surface area contributed by atoms with E-state index in [1.807, 2.05) is 0 Å². The van der Waals surface area contributed by atoms with Gasteiger partial charge in [0.2, 0.25) is 0 Å². The molecule has 12 heteroatoms. The molecule has 0 aliphatic carbocycles. The van der Waals surface area contributed by atoms with Crippen LogP contribution in [0.5, 0.6) is 0 Å². The molecule has 33 heavy (non-hydrogen) atoms. The van der Waals surface area contributed by atoms with Crippen molar-refractivity contribution in [3.05, 3.63) is 76.3 Å². The summed E-state index contributed by atoms with van der Waals surface area (Å²) in [7, 11) is -1.30. The average molecular weight is 478 g/mol. The molecule has 1 aliphatic heterocycles. The maximum absolute atomic E-state index is 13.0. The van der Waals surface area contributed by atoms with E-state index in [1.165, 1.54) is 36.7 Å². The molecule has 4 rings (SSSR count). The summed E-state index contributed by atoms with van der Waals surface area (Å²) < 4.78 is 51.4. The molecule has 172 valence electrons. The van der Waals surface area contributed by atoms with E-state index in [4.69, 9.17) is 0 Å². The van der Waals surface area contributed by atoms with Crippen molar-refractivity contribution in [2.24, 2.45) is 0 Å². The number of alkyl halides is 3. The maximum Gasteiger partial charge on any atom is 0.416 e. The fraction of sp³-hybridized carbons (Fsp3) is 0.238. The summed E-state index contributed by atoms with van der Waals surface area (Å²) in [6.07, 6.45) is -2.72. The molecule has 0 spiro atoms. The summed E-state index contributed by atoms with van der Waals surface area (Å²) >= 11 is 0. The Bertz CT molecular complexity index is 1260. The predicted octanol–water partition coefficient (Wildman–Crippen LogP) is 1.53. The van der Waals surface area contributed by atoms with Crippen LogP contribution in [-0.4, -0.2) is 53.6 Å². The van der Waals surface area contributed by atoms with Gasteiger partial charge in [-0.15, -0.1) is 0 Å². The van der Waals surface area contributed by atoms with E-state index >= 15 is 0 Å². The number of aromatic nitrogens is 3. The molecule has 2 aromatic heterocycles. The van der Waals surface area contributed by atoms with Crippen molar-refractivity contribution in [3.63, 3.8) is 0 Å². The number of amides is 1. The van der Waals surface area contributed by atoms with Crippen LogP contribution in [0.1, 0.15) is 15.9 Å². The van der Waals surface area contributed by atoms with Gasteiger partial charge in [0.05, 0.1) is 41.0 Å². The summed E-state index contributed by atoms with van der Waals surface area (Å²) in [5.41, 5.74) is -1.41. The topological polar surface area (TPSA) is 114 Å². The third-order valence-electron chi connectivity index (χ3n) is 5.06. The van der Waals surface area contributed by atoms with E-state index in [9.17, 15) is 32.1 Å². The van der Waals surface area contributed by atoms with Gasteiger partial charge in [-0.2, -0.15) is 23.0 Å². The second-order valence-corrected chi connectivity index (χ2v) is 8.91. The van der Waals surface area contributed by atoms with Crippen LogP contribution in [0.3, 0.4) is 0 Å². The molecule has 1 saturated heterocycles. The predicted molar refractivity (Wildman–Crippen MR) is 113 cm³/mol. The monoisotopic (exact) mass is 478 g/mol. The standard InChI is InChI=1S/C21H17F3N4O4S/c22-21(23,24)13-5-3-12(4-6-13)16-8-15(19(30)26-17-10-33(32)11-18(17)29)20(31)28(27-16)14-2-1-7-25-9-14/h1-9,17-18,29H,10-11H2,(H,26,30)/t17-,18+,33+/m0/s1. The number of aliphatic hydroxyl groups excluding tert-OH is 1. The number of carbonyl (C=O) groups is 1. The van der Waals surface area contributed by atoms with E-state index in [-0.39, 0.29) is 34.0 Å². The Morgan fingerprint density at radius 1 is 1.18 bits per heavy atom. The Labute approximate surface area is 187 Å². The lowest BCUT2D eigenvalue weighted by atomic mass is 10.1. The number of benzene rings is 1. The molecule has 1 amide bonds. The highest BCUT2D eigenvalue weighted by Gasteiger charge is 2.33. The average Bonchev–Trinajstić information content (AvgIpc) is 3.10. The second kappa shape index (κ2) is 8.87. The Kier molecular flexibility index (Phi) is 6.13. The first-order chi connectivity index (χ1) is 15.6. The summed E-state index contributed by atoms with van der Waals surface area (Å²) in [4.78, 5) is 29.9. The van der Waals surface area contributed by atoms with Crippen molar-refractivity contribution in [2.45, 2.75) is 18.3 Å². The zero-order valence-corrected chi connectivity index (χ0v) is 17.6. The summed E-state index contributed by atoms with van der Waals surface area (Å²) in [6.45, 7) is 0. The van der Waals surface area contributed by atoms with Crippen LogP contribution >= 0.6 is 0 Å². The molecular formula is C21H17F3N4O4S. The lowest BCUT2D eigenvalue weighted by Gasteiger charge is -2.16. The van der Waals surface area contributed by atoms with Gasteiger partial charge < -0.3 is 10.4 Å². The minimum atomic E-state index is -4.52. The molecule has 0 unspecified atom stereocenters. The maximum atomic E-state index is 13.0. The van der Waals surface area contributed by atoms with Crippen LogP contribution in [0, 0.1) is 0 Å². The van der Waals surface area contributed by atoms with Gasteiger partial charge in [0.1, 0.15) is 5.56 Å². The molecule has 0 bridgehead atoms. The Morgan fingerprint density at radius 3 is 2.48 bits per heavy atom. The fourth-order valence-corrected chi connectivity index (χ4v) is 4.81. The van der Waals surface area contributed by atoms with Gasteiger partial charge in [-0.3, -0.25) is 18.8 Å². The van der Waals surface area contributed by atoms with E-state index in [0.717, 1.165) is 16.8 Å². The molecule has 1 fully saturated rings. The van der Waals surface area contributed by atoms with Crippen molar-refractivity contribution in [2.75, 3.05) is 11.5 Å². The number of pyridine rings is 1. The van der Waals surface area contributed by atoms with Crippen LogP contribution in [0.4, 0.5) is 13.2 Å². The fourth-order valence-electron chi connectivity index (χ4n) is 3.35. The Morgan fingerprint density at radius 2 is 1.91 bits per heavy atom. The van der Waals surface area contributed by atoms with Crippen LogP contribution in [0.2, 0.25) is 0 Å². The molecule has 0 saturated carbocycles. The third kappa shape index (κ3) is 4.86. The number of hydrogen-bond donors (Lipinski definition) is 2. The lowest BCUT2D eigenvalue weighted by molar-refractivity contribution is -0.137. The molecule has 3 heterocycles. The summed E-state index contributed by atoms with van der Waals surface area (Å²) in [6, 6.07) is 7.59. The van der Waals surface area contributed by atoms with Crippen molar-refractivity contribution < 1.29 is 27.3 Å². The van der Waals surface area contributed by atoms with Crippen molar-refractivity contribution in [3.8, 4) is 16.9 Å². The number of halogens is 3. The van der Waals surface area contributed by atoms with Gasteiger partial charge in [0.15, 0.2) is 0 Å². The SMILES string of the molecule is O=C(N[C@H]1C[S@@](=O)C[C@H]1O)c1cc(-c2ccc(C(F)(F)F)cc2)nn(-c2cccnc2)c1=O. The van der Waals surface area contributed by atoms with Crippen molar-refractivity contribution >= 4 is 16.7 Å². The smallest absolute Gasteiger partial charge is 0.390 e. The first kappa shape index (κ1) is 22.8. The van der Waals surface area contributed by atoms with E-state index in [2.05, 4.69) is 15.4 Å². The van der Waals surface area contributed by atoms with Crippen molar-refractivity contribution in [1.82, 2.24) is 20.1 Å². The minimum Gasteiger partial charge on any atom is -0.390 e. The van der Waals surface area contributed by atoms with Gasteiger partial charge in [-0.05, 0) is 30.3 Å². The van der Waals surface area contributed by atoms with Crippen LogP contribution in [0.25, 0.3) is 16.9 Å². The molecule has 0 radical (unpaired) electrons. The number of nitrogens with zero attached hydrogens (tertiary/aromatic N) is 3. The Balaban J connectivity index is 1.78. The quantitative estimate of drug-likeness (QED) is 0.588. The molecule has 3 aromatic rings. The highest BCUT2D eigenvalue weighted by atomic mass is 32.2. The molecule has 3 atom stereocenters. The van der Waals surface area contributed by atoms with Gasteiger partial charge in [0.25, 0.3) is 11.5 Å². The second-order valence-electron chi connectivity index (χ2n) is 7.37. The summed E-state index contributed by atoms with van der Waals surface area (Å²) in [5, 5.41) is 16.7. The van der Waals surface area contributed by atoms with Crippen LogP contribution in [-0.2, 0) is 17.0 Å². The van der Waals surface area contributed by atoms with E-state index in [0.29, 0.717) is 0 Å². The first-order valence-electron chi connectivity index (χ1n) is 9.70. The lowest BCUT2D eigenvalue weighted by Crippen LogP contribution is -2.44. The van der Waals surface area contributed by atoms with Gasteiger partial charge in [-0.1, -0.05) is 12.1 Å². The summed E-state index contributed by atoms with van der Waals surface area (Å²) in [5.74, 6) is -0.769. The zero-order chi connectivity index (χ0) is 23.8. The molecule has 1 aliphatic rings. The molecule has 8 nitrogen and oxygen atoms in total. The van der Waals surface area contributed by atoms with Gasteiger partial charge in [-0.25, -0.2) is 0 Å². The van der Waals surface area contributed by atoms with E-state index in [1.54, 1.807) is 6.07 Å². The molecule has 2 N–H and O–H groups in total. The zero-order valence-electron chi connectivity index (χ0n) is 16.8. The van der Waals surface area contributed by atoms with Gasteiger partial charge >= 0.3 is 6.18 Å². The number of aliphatic hydroxyl groups is 1. The van der Waals surface area contributed by atoms with Gasteiger partial charge in [0, 0.05) is 28.3 Å². The third-order valence-corrected chi connectivity index (χ3v) is 6.50. The van der Waals surface area contributed by atoms with Crippen LogP contribution < -0.4 is 10.9 Å².